The maximum absolute atomic E-state index is 11.5. The molecule has 2 aliphatic rings. The third-order valence-electron chi connectivity index (χ3n) is 5.40. The number of nitrogens with zero attached hydrogens (tertiary/aromatic N) is 5. The highest BCUT2D eigenvalue weighted by Gasteiger charge is 2.30. The highest BCUT2D eigenvalue weighted by Crippen LogP contribution is 2.36. The van der Waals surface area contributed by atoms with Crippen molar-refractivity contribution in [2.24, 2.45) is 0 Å². The van der Waals surface area contributed by atoms with Crippen LogP contribution in [0.15, 0.2) is 22.7 Å². The number of fused-ring (bicyclic) bond motifs is 1. The van der Waals surface area contributed by atoms with Gasteiger partial charge in [-0.2, -0.15) is 0 Å². The maximum Gasteiger partial charge on any atom is 0.293 e. The summed E-state index contributed by atoms with van der Waals surface area (Å²) in [5, 5.41) is 20.4. The van der Waals surface area contributed by atoms with Crippen LogP contribution in [0.2, 0.25) is 0 Å². The Labute approximate surface area is 160 Å². The highest BCUT2D eigenvalue weighted by molar-refractivity contribution is 9.10. The van der Waals surface area contributed by atoms with Gasteiger partial charge in [0.25, 0.3) is 5.69 Å². The number of piperidine rings is 1. The summed E-state index contributed by atoms with van der Waals surface area (Å²) in [6.45, 7) is 2.58. The largest absolute Gasteiger partial charge is 0.365 e. The Morgan fingerprint density at radius 3 is 2.88 bits per heavy atom. The summed E-state index contributed by atoms with van der Waals surface area (Å²) in [6, 6.07) is 5.30. The van der Waals surface area contributed by atoms with Crippen molar-refractivity contribution in [2.45, 2.75) is 51.0 Å². The molecule has 26 heavy (non-hydrogen) atoms. The summed E-state index contributed by atoms with van der Waals surface area (Å²) in [4.78, 5) is 13.3. The van der Waals surface area contributed by atoms with Crippen LogP contribution in [-0.4, -0.2) is 32.8 Å². The normalized spacial score (nSPS) is 20.5. The molecule has 7 nitrogen and oxygen atoms in total. The summed E-state index contributed by atoms with van der Waals surface area (Å²) in [5.41, 5.74) is 0.846. The molecule has 8 heteroatoms. The summed E-state index contributed by atoms with van der Waals surface area (Å²) < 4.78 is 3.03. The van der Waals surface area contributed by atoms with Crippen molar-refractivity contribution < 1.29 is 4.92 Å². The minimum absolute atomic E-state index is 0.153. The zero-order chi connectivity index (χ0) is 18.1. The molecule has 0 radical (unpaired) electrons. The van der Waals surface area contributed by atoms with Gasteiger partial charge in [0.2, 0.25) is 0 Å². The van der Waals surface area contributed by atoms with Crippen molar-refractivity contribution in [3.8, 4) is 0 Å². The van der Waals surface area contributed by atoms with Crippen LogP contribution in [0.1, 0.15) is 49.7 Å². The van der Waals surface area contributed by atoms with E-state index in [0.29, 0.717) is 5.69 Å². The molecule has 1 unspecified atom stereocenters. The Kier molecular flexibility index (Phi) is 4.93. The minimum atomic E-state index is -0.299. The fourth-order valence-corrected chi connectivity index (χ4v) is 4.48. The van der Waals surface area contributed by atoms with Gasteiger partial charge >= 0.3 is 0 Å². The summed E-state index contributed by atoms with van der Waals surface area (Å²) in [6.07, 6.45) is 6.65. The molecule has 1 fully saturated rings. The second kappa shape index (κ2) is 7.34. The van der Waals surface area contributed by atoms with Crippen LogP contribution < -0.4 is 4.90 Å². The number of halogens is 1. The van der Waals surface area contributed by atoms with Gasteiger partial charge in [-0.3, -0.25) is 10.1 Å². The van der Waals surface area contributed by atoms with E-state index in [2.05, 4.69) is 35.6 Å². The summed E-state index contributed by atoms with van der Waals surface area (Å²) in [7, 11) is 0. The average molecular weight is 420 g/mol. The standard InChI is InChI=1S/C18H22BrN5O2/c19-14-7-8-15(16(11-14)24(25)26)22-9-4-5-13(12-22)18-21-20-17-6-2-1-3-10-23(17)18/h7-8,11,13H,1-6,9-10,12H2. The van der Waals surface area contributed by atoms with Crippen molar-refractivity contribution in [1.82, 2.24) is 14.8 Å². The van der Waals surface area contributed by atoms with Crippen LogP contribution in [0, 0.1) is 10.1 Å². The van der Waals surface area contributed by atoms with Gasteiger partial charge in [0, 0.05) is 42.5 Å². The fourth-order valence-electron chi connectivity index (χ4n) is 4.13. The van der Waals surface area contributed by atoms with Crippen molar-refractivity contribution in [3.63, 3.8) is 0 Å². The van der Waals surface area contributed by atoms with Gasteiger partial charge in [0.1, 0.15) is 17.3 Å². The smallest absolute Gasteiger partial charge is 0.293 e. The maximum atomic E-state index is 11.5. The van der Waals surface area contributed by atoms with Gasteiger partial charge in [-0.05, 0) is 37.8 Å². The lowest BCUT2D eigenvalue weighted by Crippen LogP contribution is -2.35. The first-order valence-electron chi connectivity index (χ1n) is 9.24. The number of nitro benzene ring substituents is 1. The molecule has 0 aliphatic carbocycles. The Morgan fingerprint density at radius 2 is 2.04 bits per heavy atom. The van der Waals surface area contributed by atoms with Gasteiger partial charge < -0.3 is 9.47 Å². The molecule has 0 N–H and O–H groups in total. The summed E-state index contributed by atoms with van der Waals surface area (Å²) >= 11 is 3.34. The van der Waals surface area contributed by atoms with Crippen LogP contribution in [0.3, 0.4) is 0 Å². The lowest BCUT2D eigenvalue weighted by molar-refractivity contribution is -0.384. The fraction of sp³-hybridized carbons (Fsp3) is 0.556. The number of nitro groups is 1. The van der Waals surface area contributed by atoms with Crippen LogP contribution in [0.4, 0.5) is 11.4 Å². The molecule has 3 heterocycles. The molecule has 1 atom stereocenters. The van der Waals surface area contributed by atoms with E-state index in [0.717, 1.165) is 55.0 Å². The number of benzene rings is 1. The quantitative estimate of drug-likeness (QED) is 0.553. The molecule has 0 spiro atoms. The Balaban J connectivity index is 1.61. The predicted octanol–water partition coefficient (Wildman–Crippen LogP) is 4.06. The number of hydrogen-bond donors (Lipinski definition) is 0. The number of anilines is 1. The van der Waals surface area contributed by atoms with Gasteiger partial charge in [-0.15, -0.1) is 10.2 Å². The number of aryl methyl sites for hydroxylation is 1. The zero-order valence-electron chi connectivity index (χ0n) is 14.6. The van der Waals surface area contributed by atoms with Crippen molar-refractivity contribution in [2.75, 3.05) is 18.0 Å². The average Bonchev–Trinajstić information content (AvgIpc) is 2.90. The van der Waals surface area contributed by atoms with Crippen LogP contribution in [0.25, 0.3) is 0 Å². The molecular formula is C18H22BrN5O2. The highest BCUT2D eigenvalue weighted by atomic mass is 79.9. The monoisotopic (exact) mass is 419 g/mol. The SMILES string of the molecule is O=[N+]([O-])c1cc(Br)ccc1N1CCCC(c2nnc3n2CCCCC3)C1. The molecule has 1 aromatic carbocycles. The second-order valence-corrected chi connectivity index (χ2v) is 8.03. The molecule has 0 bridgehead atoms. The van der Waals surface area contributed by atoms with Crippen LogP contribution in [-0.2, 0) is 13.0 Å². The Bertz CT molecular complexity index is 822. The first-order chi connectivity index (χ1) is 12.6. The number of hydrogen-bond acceptors (Lipinski definition) is 5. The number of aromatic nitrogens is 3. The molecule has 138 valence electrons. The first kappa shape index (κ1) is 17.5. The molecule has 0 saturated carbocycles. The second-order valence-electron chi connectivity index (χ2n) is 7.11. The van der Waals surface area contributed by atoms with Gasteiger partial charge in [-0.25, -0.2) is 0 Å². The van der Waals surface area contributed by atoms with Gasteiger partial charge in [0.15, 0.2) is 0 Å². The molecule has 0 amide bonds. The van der Waals surface area contributed by atoms with E-state index < -0.39 is 0 Å². The Morgan fingerprint density at radius 1 is 1.15 bits per heavy atom. The number of rotatable bonds is 3. The van der Waals surface area contributed by atoms with E-state index in [1.165, 1.54) is 19.3 Å². The summed E-state index contributed by atoms with van der Waals surface area (Å²) in [5.74, 6) is 2.43. The predicted molar refractivity (Wildman–Crippen MR) is 103 cm³/mol. The minimum Gasteiger partial charge on any atom is -0.365 e. The van der Waals surface area contributed by atoms with Crippen LogP contribution in [0.5, 0.6) is 0 Å². The van der Waals surface area contributed by atoms with E-state index in [9.17, 15) is 10.1 Å². The third kappa shape index (κ3) is 3.34. The van der Waals surface area contributed by atoms with E-state index in [1.807, 2.05) is 12.1 Å². The van der Waals surface area contributed by atoms with E-state index in [1.54, 1.807) is 6.07 Å². The molecule has 2 aliphatic heterocycles. The van der Waals surface area contributed by atoms with E-state index in [4.69, 9.17) is 0 Å². The van der Waals surface area contributed by atoms with Crippen molar-refractivity contribution >= 4 is 27.3 Å². The van der Waals surface area contributed by atoms with Gasteiger partial charge in [-0.1, -0.05) is 22.4 Å². The zero-order valence-corrected chi connectivity index (χ0v) is 16.2. The molecule has 1 saturated heterocycles. The van der Waals surface area contributed by atoms with Crippen molar-refractivity contribution in [1.29, 1.82) is 0 Å². The van der Waals surface area contributed by atoms with E-state index in [-0.39, 0.29) is 16.5 Å². The van der Waals surface area contributed by atoms with Crippen molar-refractivity contribution in [3.05, 3.63) is 44.4 Å². The molecule has 1 aromatic heterocycles. The topological polar surface area (TPSA) is 77.1 Å². The van der Waals surface area contributed by atoms with Gasteiger partial charge in [0.05, 0.1) is 4.92 Å². The first-order valence-corrected chi connectivity index (χ1v) is 10.0. The Hall–Kier alpha value is -1.96. The van der Waals surface area contributed by atoms with Crippen LogP contribution >= 0.6 is 15.9 Å². The molecule has 4 rings (SSSR count). The third-order valence-corrected chi connectivity index (χ3v) is 5.89. The molecular weight excluding hydrogens is 398 g/mol. The molecule has 2 aromatic rings. The van der Waals surface area contributed by atoms with E-state index >= 15 is 0 Å². The lowest BCUT2D eigenvalue weighted by Gasteiger charge is -2.33. The lowest BCUT2D eigenvalue weighted by atomic mass is 9.96.